The van der Waals surface area contributed by atoms with Crippen molar-refractivity contribution in [2.75, 3.05) is 18.0 Å². The average molecular weight is 525 g/mol. The molecule has 1 atom stereocenters. The molecule has 0 saturated carbocycles. The van der Waals surface area contributed by atoms with Crippen molar-refractivity contribution < 1.29 is 0 Å². The van der Waals surface area contributed by atoms with Crippen molar-refractivity contribution >= 4 is 27.8 Å². The van der Waals surface area contributed by atoms with E-state index in [1.165, 1.54) is 14.9 Å². The Morgan fingerprint density at radius 2 is 1.95 bits per heavy atom. The van der Waals surface area contributed by atoms with E-state index in [1.807, 2.05) is 41.8 Å². The fourth-order valence-corrected chi connectivity index (χ4v) is 6.00. The molecule has 1 aromatic carbocycles. The van der Waals surface area contributed by atoms with Gasteiger partial charge >= 0.3 is 0 Å². The Morgan fingerprint density at radius 1 is 1.10 bits per heavy atom. The quantitative estimate of drug-likeness (QED) is 0.384. The van der Waals surface area contributed by atoms with Crippen molar-refractivity contribution in [2.45, 2.75) is 64.7 Å². The lowest BCUT2D eigenvalue weighted by Gasteiger charge is -2.32. The first kappa shape index (κ1) is 25.1. The average Bonchev–Trinajstić information content (AvgIpc) is 3.58. The summed E-state index contributed by atoms with van der Waals surface area (Å²) in [5, 5.41) is 11.5. The van der Waals surface area contributed by atoms with Gasteiger partial charge in [0.05, 0.1) is 18.3 Å². The van der Waals surface area contributed by atoms with Crippen LogP contribution in [0.1, 0.15) is 43.5 Å². The summed E-state index contributed by atoms with van der Waals surface area (Å²) in [6.45, 7) is 3.57. The number of rotatable bonds is 6. The Balaban J connectivity index is 1.59. The maximum absolute atomic E-state index is 14.3. The molecule has 2 aliphatic rings. The molecule has 1 saturated heterocycles. The molecule has 3 aromatic heterocycles. The third-order valence-electron chi connectivity index (χ3n) is 7.82. The molecular formula is C29H32N8O2. The van der Waals surface area contributed by atoms with Gasteiger partial charge in [-0.25, -0.2) is 14.3 Å². The number of hydrogen-bond donors (Lipinski definition) is 1. The van der Waals surface area contributed by atoms with Crippen molar-refractivity contribution in [3.8, 4) is 6.07 Å². The minimum Gasteiger partial charge on any atom is -0.341 e. The summed E-state index contributed by atoms with van der Waals surface area (Å²) in [6, 6.07) is 11.9. The smallest absolute Gasteiger partial charge is 0.294 e. The van der Waals surface area contributed by atoms with Crippen molar-refractivity contribution in [3.05, 3.63) is 74.1 Å². The van der Waals surface area contributed by atoms with Crippen LogP contribution in [-0.4, -0.2) is 43.0 Å². The molecule has 1 fully saturated rings. The lowest BCUT2D eigenvalue weighted by atomic mass is 10.1. The van der Waals surface area contributed by atoms with Gasteiger partial charge in [-0.1, -0.05) is 35.9 Å². The van der Waals surface area contributed by atoms with Crippen LogP contribution in [0.5, 0.6) is 0 Å². The van der Waals surface area contributed by atoms with E-state index in [2.05, 4.69) is 17.0 Å². The molecule has 0 radical (unpaired) electrons. The first-order valence-corrected chi connectivity index (χ1v) is 13.6. The summed E-state index contributed by atoms with van der Waals surface area (Å²) >= 11 is 0. The van der Waals surface area contributed by atoms with Crippen molar-refractivity contribution in [2.24, 2.45) is 5.73 Å². The highest BCUT2D eigenvalue weighted by Gasteiger charge is 2.28. The molecule has 0 spiro atoms. The highest BCUT2D eigenvalue weighted by molar-refractivity contribution is 5.85. The molecule has 4 aromatic rings. The number of imidazole rings is 1. The Bertz CT molecular complexity index is 1770. The van der Waals surface area contributed by atoms with Crippen LogP contribution in [0.3, 0.4) is 0 Å². The molecular weight excluding hydrogens is 492 g/mol. The van der Waals surface area contributed by atoms with E-state index in [4.69, 9.17) is 15.7 Å². The molecule has 10 heteroatoms. The molecule has 1 unspecified atom stereocenters. The zero-order chi connectivity index (χ0) is 27.1. The summed E-state index contributed by atoms with van der Waals surface area (Å²) in [7, 11) is 0. The molecule has 4 heterocycles. The van der Waals surface area contributed by atoms with Crippen LogP contribution in [0, 0.1) is 18.3 Å². The second-order valence-corrected chi connectivity index (χ2v) is 10.6. The molecule has 0 amide bonds. The Labute approximate surface area is 225 Å². The second-order valence-electron chi connectivity index (χ2n) is 10.6. The van der Waals surface area contributed by atoms with E-state index in [9.17, 15) is 14.9 Å². The third-order valence-corrected chi connectivity index (χ3v) is 7.82. The summed E-state index contributed by atoms with van der Waals surface area (Å²) in [5.74, 6) is 0.600. The van der Waals surface area contributed by atoms with E-state index in [-0.39, 0.29) is 35.7 Å². The fourth-order valence-electron chi connectivity index (χ4n) is 6.00. The highest BCUT2D eigenvalue weighted by Crippen LogP contribution is 2.27. The number of nitrogens with zero attached hydrogens (tertiary/aromatic N) is 7. The topological polar surface area (TPSA) is 128 Å². The standard InChI is InChI=1S/C29H32N8O2/c1-19-15-21-9-4-5-11-23(21)24(32-19)18-37-28(39)26-25(27(38)36(37)14-12-30)33-29(34-13-6-10-22(31)17-34)35(26)16-20-7-2-3-8-20/h4-5,7,9,11,15,22H,2-3,6,8,10,13-14,16-18,31H2,1H3. The van der Waals surface area contributed by atoms with Gasteiger partial charge in [0.25, 0.3) is 11.1 Å². The number of allylic oxidation sites excluding steroid dienone is 2. The van der Waals surface area contributed by atoms with E-state index < -0.39 is 5.56 Å². The largest absolute Gasteiger partial charge is 0.341 e. The van der Waals surface area contributed by atoms with Gasteiger partial charge in [-0.15, -0.1) is 0 Å². The van der Waals surface area contributed by atoms with Gasteiger partial charge in [0.15, 0.2) is 5.52 Å². The molecule has 6 rings (SSSR count). The zero-order valence-electron chi connectivity index (χ0n) is 22.1. The minimum absolute atomic E-state index is 0.00490. The zero-order valence-corrected chi connectivity index (χ0v) is 22.1. The number of benzene rings is 1. The Hall–Kier alpha value is -4.23. The molecule has 2 N–H and O–H groups in total. The number of piperidine rings is 1. The second kappa shape index (κ2) is 10.2. The van der Waals surface area contributed by atoms with E-state index in [1.54, 1.807) is 0 Å². The predicted molar refractivity (Wildman–Crippen MR) is 151 cm³/mol. The number of fused-ring (bicyclic) bond motifs is 2. The number of aryl methyl sites for hydroxylation is 1. The maximum atomic E-state index is 14.3. The fraction of sp³-hybridized carbons (Fsp3) is 0.414. The predicted octanol–water partition coefficient (Wildman–Crippen LogP) is 2.83. The molecule has 10 nitrogen and oxygen atoms in total. The van der Waals surface area contributed by atoms with Gasteiger partial charge in [-0.05, 0) is 50.5 Å². The van der Waals surface area contributed by atoms with E-state index in [0.29, 0.717) is 24.7 Å². The van der Waals surface area contributed by atoms with E-state index >= 15 is 0 Å². The van der Waals surface area contributed by atoms with Crippen LogP contribution in [0.15, 0.2) is 51.6 Å². The number of hydrogen-bond acceptors (Lipinski definition) is 7. The van der Waals surface area contributed by atoms with Crippen LogP contribution in [0.4, 0.5) is 5.95 Å². The van der Waals surface area contributed by atoms with Crippen LogP contribution < -0.4 is 21.8 Å². The van der Waals surface area contributed by atoms with Crippen molar-refractivity contribution in [1.82, 2.24) is 23.9 Å². The van der Waals surface area contributed by atoms with Crippen LogP contribution in [0.25, 0.3) is 21.8 Å². The SMILES string of the molecule is Cc1cc2ccccc2c(Cn2c(=O)c3c(nc(N4CCCC(N)C4)n3CC3=CCCC3)c(=O)n2CC#N)n1. The number of aromatic nitrogens is 5. The normalized spacial score (nSPS) is 17.6. The molecule has 1 aliphatic carbocycles. The summed E-state index contributed by atoms with van der Waals surface area (Å²) < 4.78 is 4.49. The van der Waals surface area contributed by atoms with Gasteiger partial charge in [-0.3, -0.25) is 14.6 Å². The number of nitriles is 1. The van der Waals surface area contributed by atoms with Crippen LogP contribution in [0.2, 0.25) is 0 Å². The first-order valence-electron chi connectivity index (χ1n) is 13.6. The van der Waals surface area contributed by atoms with Crippen LogP contribution >= 0.6 is 0 Å². The summed E-state index contributed by atoms with van der Waals surface area (Å²) in [4.78, 5) is 39.7. The number of nitrogens with two attached hydrogens (primary N) is 1. The van der Waals surface area contributed by atoms with Crippen molar-refractivity contribution in [1.29, 1.82) is 5.26 Å². The lowest BCUT2D eigenvalue weighted by Crippen LogP contribution is -2.44. The van der Waals surface area contributed by atoms with E-state index in [0.717, 1.165) is 55.1 Å². The molecule has 200 valence electrons. The van der Waals surface area contributed by atoms with Crippen LogP contribution in [-0.2, 0) is 19.6 Å². The monoisotopic (exact) mass is 524 g/mol. The molecule has 39 heavy (non-hydrogen) atoms. The highest BCUT2D eigenvalue weighted by atomic mass is 16.2. The van der Waals surface area contributed by atoms with Gasteiger partial charge in [0.2, 0.25) is 5.95 Å². The minimum atomic E-state index is -0.454. The summed E-state index contributed by atoms with van der Waals surface area (Å²) in [6.07, 6.45) is 7.12. The lowest BCUT2D eigenvalue weighted by molar-refractivity contribution is 0.475. The van der Waals surface area contributed by atoms with Crippen molar-refractivity contribution in [3.63, 3.8) is 0 Å². The molecule has 1 aliphatic heterocycles. The Morgan fingerprint density at radius 3 is 2.72 bits per heavy atom. The van der Waals surface area contributed by atoms with Gasteiger partial charge in [0.1, 0.15) is 12.1 Å². The molecule has 0 bridgehead atoms. The number of pyridine rings is 1. The maximum Gasteiger partial charge on any atom is 0.294 e. The van der Waals surface area contributed by atoms with Gasteiger partial charge in [0, 0.05) is 36.8 Å². The third kappa shape index (κ3) is 4.53. The first-order chi connectivity index (χ1) is 18.9. The number of anilines is 1. The van der Waals surface area contributed by atoms with Gasteiger partial charge in [-0.2, -0.15) is 5.26 Å². The van der Waals surface area contributed by atoms with Gasteiger partial charge < -0.3 is 15.2 Å². The Kier molecular flexibility index (Phi) is 6.53. The summed E-state index contributed by atoms with van der Waals surface area (Å²) in [5.41, 5.74) is 8.57.